The lowest BCUT2D eigenvalue weighted by atomic mass is 10.2. The molecule has 0 aromatic carbocycles. The number of amides is 2. The smallest absolute Gasteiger partial charge is 0.286 e. The average molecular weight is 306 g/mol. The van der Waals surface area contributed by atoms with Gasteiger partial charge >= 0.3 is 0 Å². The highest BCUT2D eigenvalue weighted by atomic mass is 16.5. The average Bonchev–Trinajstić information content (AvgIpc) is 3.07. The van der Waals surface area contributed by atoms with Crippen LogP contribution in [0.5, 0.6) is 5.88 Å². The molecule has 118 valence electrons. The molecule has 0 bridgehead atoms. The molecule has 0 atom stereocenters. The third-order valence-electron chi connectivity index (χ3n) is 3.13. The maximum atomic E-state index is 12.3. The lowest BCUT2D eigenvalue weighted by Crippen LogP contribution is -2.23. The van der Waals surface area contributed by atoms with Crippen molar-refractivity contribution in [3.8, 4) is 5.88 Å². The van der Waals surface area contributed by atoms with Crippen LogP contribution in [0.2, 0.25) is 0 Å². The van der Waals surface area contributed by atoms with E-state index in [0.29, 0.717) is 22.9 Å². The molecule has 22 heavy (non-hydrogen) atoms. The third kappa shape index (κ3) is 2.95. The second-order valence-electron chi connectivity index (χ2n) is 4.62. The summed E-state index contributed by atoms with van der Waals surface area (Å²) in [4.78, 5) is 23.7. The Hall–Kier alpha value is -2.77. The Labute approximate surface area is 127 Å². The van der Waals surface area contributed by atoms with Gasteiger partial charge in [0.25, 0.3) is 11.8 Å². The number of furan rings is 1. The Balaban J connectivity index is 2.07. The monoisotopic (exact) mass is 306 g/mol. The first kappa shape index (κ1) is 15.6. The van der Waals surface area contributed by atoms with Gasteiger partial charge in [-0.15, -0.1) is 0 Å². The highest BCUT2D eigenvalue weighted by Crippen LogP contribution is 2.20. The molecule has 2 aromatic rings. The van der Waals surface area contributed by atoms with E-state index in [2.05, 4.69) is 15.7 Å². The fourth-order valence-corrected chi connectivity index (χ4v) is 2.11. The van der Waals surface area contributed by atoms with Crippen LogP contribution in [0.25, 0.3) is 0 Å². The van der Waals surface area contributed by atoms with Crippen molar-refractivity contribution in [1.29, 1.82) is 0 Å². The van der Waals surface area contributed by atoms with Gasteiger partial charge in [-0.1, -0.05) is 0 Å². The number of ether oxygens (including phenoxy) is 1. The lowest BCUT2D eigenvalue weighted by Gasteiger charge is -2.05. The highest BCUT2D eigenvalue weighted by molar-refractivity contribution is 5.97. The Morgan fingerprint density at radius 3 is 2.73 bits per heavy atom. The van der Waals surface area contributed by atoms with Crippen molar-refractivity contribution < 1.29 is 18.7 Å². The summed E-state index contributed by atoms with van der Waals surface area (Å²) in [7, 11) is 4.70. The minimum Gasteiger partial charge on any atom is -0.481 e. The second-order valence-corrected chi connectivity index (χ2v) is 4.62. The van der Waals surface area contributed by atoms with Gasteiger partial charge in [-0.25, -0.2) is 4.68 Å². The van der Waals surface area contributed by atoms with Gasteiger partial charge in [-0.05, 0) is 19.1 Å². The predicted octanol–water partition coefficient (Wildman–Crippen LogP) is 0.620. The zero-order valence-electron chi connectivity index (χ0n) is 12.9. The van der Waals surface area contributed by atoms with Crippen LogP contribution in [0, 0.1) is 6.92 Å². The molecule has 8 nitrogen and oxygen atoms in total. The SMILES string of the molecule is CNC(=O)c1ccc(CNC(=O)c2c(C)nn(C)c2OC)o1. The lowest BCUT2D eigenvalue weighted by molar-refractivity contribution is 0.0933. The molecule has 0 saturated carbocycles. The van der Waals surface area contributed by atoms with E-state index in [-0.39, 0.29) is 24.1 Å². The summed E-state index contributed by atoms with van der Waals surface area (Å²) < 4.78 is 12.0. The van der Waals surface area contributed by atoms with Crippen molar-refractivity contribution in [3.63, 3.8) is 0 Å². The fraction of sp³-hybridized carbons (Fsp3) is 0.357. The molecule has 2 rings (SSSR count). The van der Waals surface area contributed by atoms with E-state index in [9.17, 15) is 9.59 Å². The van der Waals surface area contributed by atoms with Gasteiger partial charge < -0.3 is 19.8 Å². The number of methoxy groups -OCH3 is 1. The molecule has 0 spiro atoms. The molecule has 2 aromatic heterocycles. The molecular weight excluding hydrogens is 288 g/mol. The predicted molar refractivity (Wildman–Crippen MR) is 77.8 cm³/mol. The quantitative estimate of drug-likeness (QED) is 0.844. The first-order valence-corrected chi connectivity index (χ1v) is 6.64. The van der Waals surface area contributed by atoms with E-state index in [1.165, 1.54) is 18.8 Å². The Morgan fingerprint density at radius 1 is 1.36 bits per heavy atom. The van der Waals surface area contributed by atoms with Crippen molar-refractivity contribution in [2.45, 2.75) is 13.5 Å². The number of hydrogen-bond donors (Lipinski definition) is 2. The van der Waals surface area contributed by atoms with E-state index in [0.717, 1.165) is 0 Å². The number of nitrogens with one attached hydrogen (secondary N) is 2. The Kier molecular flexibility index (Phi) is 4.50. The maximum Gasteiger partial charge on any atom is 0.286 e. The van der Waals surface area contributed by atoms with Gasteiger partial charge in [0.15, 0.2) is 5.76 Å². The molecule has 0 aliphatic heterocycles. The topological polar surface area (TPSA) is 98.4 Å². The zero-order chi connectivity index (χ0) is 16.3. The van der Waals surface area contributed by atoms with E-state index in [1.54, 1.807) is 26.1 Å². The molecule has 2 heterocycles. The largest absolute Gasteiger partial charge is 0.481 e. The molecule has 8 heteroatoms. The van der Waals surface area contributed by atoms with E-state index in [4.69, 9.17) is 9.15 Å². The molecule has 0 aliphatic carbocycles. The van der Waals surface area contributed by atoms with Crippen molar-refractivity contribution in [3.05, 3.63) is 34.9 Å². The molecule has 2 amide bonds. The first-order valence-electron chi connectivity index (χ1n) is 6.64. The molecule has 0 aliphatic rings. The van der Waals surface area contributed by atoms with Gasteiger partial charge in [-0.3, -0.25) is 9.59 Å². The van der Waals surface area contributed by atoms with Crippen LogP contribution in [-0.2, 0) is 13.6 Å². The Morgan fingerprint density at radius 2 is 2.09 bits per heavy atom. The number of rotatable bonds is 5. The summed E-state index contributed by atoms with van der Waals surface area (Å²) in [5.74, 6) is 0.428. The summed E-state index contributed by atoms with van der Waals surface area (Å²) in [6.45, 7) is 1.89. The molecule has 0 fully saturated rings. The molecular formula is C14H18N4O4. The van der Waals surface area contributed by atoms with Crippen LogP contribution >= 0.6 is 0 Å². The van der Waals surface area contributed by atoms with Crippen molar-refractivity contribution in [2.75, 3.05) is 14.2 Å². The summed E-state index contributed by atoms with van der Waals surface area (Å²) in [6, 6.07) is 3.19. The van der Waals surface area contributed by atoms with E-state index < -0.39 is 0 Å². The summed E-state index contributed by atoms with van der Waals surface area (Å²) in [5, 5.41) is 9.33. The van der Waals surface area contributed by atoms with Gasteiger partial charge in [0.05, 0.1) is 19.3 Å². The van der Waals surface area contributed by atoms with Crippen molar-refractivity contribution in [1.82, 2.24) is 20.4 Å². The number of aryl methyl sites for hydroxylation is 2. The summed E-state index contributed by atoms with van der Waals surface area (Å²) >= 11 is 0. The van der Waals surface area contributed by atoms with Crippen LogP contribution in [-0.4, -0.2) is 35.8 Å². The van der Waals surface area contributed by atoms with Gasteiger partial charge in [0.1, 0.15) is 11.3 Å². The number of carbonyl (C=O) groups is 2. The van der Waals surface area contributed by atoms with Crippen LogP contribution in [0.1, 0.15) is 32.4 Å². The van der Waals surface area contributed by atoms with Gasteiger partial charge in [-0.2, -0.15) is 5.10 Å². The van der Waals surface area contributed by atoms with Crippen LogP contribution in [0.15, 0.2) is 16.5 Å². The number of nitrogens with zero attached hydrogens (tertiary/aromatic N) is 2. The molecule has 0 saturated heterocycles. The highest BCUT2D eigenvalue weighted by Gasteiger charge is 2.21. The van der Waals surface area contributed by atoms with E-state index >= 15 is 0 Å². The molecule has 2 N–H and O–H groups in total. The van der Waals surface area contributed by atoms with Gasteiger partial charge in [0.2, 0.25) is 5.88 Å². The summed E-state index contributed by atoms with van der Waals surface area (Å²) in [6.07, 6.45) is 0. The molecule has 0 radical (unpaired) electrons. The van der Waals surface area contributed by atoms with Crippen LogP contribution in [0.3, 0.4) is 0 Å². The van der Waals surface area contributed by atoms with Crippen LogP contribution in [0.4, 0.5) is 0 Å². The zero-order valence-corrected chi connectivity index (χ0v) is 12.9. The normalized spacial score (nSPS) is 10.4. The third-order valence-corrected chi connectivity index (χ3v) is 3.13. The minimum atomic E-state index is -0.319. The maximum absolute atomic E-state index is 12.3. The standard InChI is InChI=1S/C14H18N4O4/c1-8-11(14(21-4)18(3)17-8)13(20)16-7-9-5-6-10(22-9)12(19)15-2/h5-6H,7H2,1-4H3,(H,15,19)(H,16,20). The van der Waals surface area contributed by atoms with Crippen molar-refractivity contribution in [2.24, 2.45) is 7.05 Å². The summed E-state index contributed by atoms with van der Waals surface area (Å²) in [5.41, 5.74) is 0.949. The van der Waals surface area contributed by atoms with E-state index in [1.807, 2.05) is 0 Å². The number of aromatic nitrogens is 2. The second kappa shape index (κ2) is 6.33. The number of carbonyl (C=O) groups excluding carboxylic acids is 2. The van der Waals surface area contributed by atoms with Crippen LogP contribution < -0.4 is 15.4 Å². The first-order chi connectivity index (χ1) is 10.5. The Bertz CT molecular complexity index is 702. The minimum absolute atomic E-state index is 0.160. The fourth-order valence-electron chi connectivity index (χ4n) is 2.11. The molecule has 0 unspecified atom stereocenters. The van der Waals surface area contributed by atoms with Gasteiger partial charge in [0, 0.05) is 14.1 Å². The van der Waals surface area contributed by atoms with Crippen molar-refractivity contribution >= 4 is 11.8 Å². The number of hydrogen-bond acceptors (Lipinski definition) is 5.